The number of nitrogens with one attached hydrogen (secondary N) is 1. The number of fused-ring (bicyclic) bond motifs is 3. The van der Waals surface area contributed by atoms with Crippen molar-refractivity contribution in [2.24, 2.45) is 0 Å². The SMILES string of the molecule is COc1ccc(Cl)cc1NC(=O)C(C)Sc1nnc2cc(C)c3ccccc3n12. The van der Waals surface area contributed by atoms with Crippen LogP contribution in [0.2, 0.25) is 5.02 Å². The predicted molar refractivity (Wildman–Crippen MR) is 117 cm³/mol. The largest absolute Gasteiger partial charge is 0.495 e. The molecule has 2 aromatic heterocycles. The minimum absolute atomic E-state index is 0.177. The first-order valence-electron chi connectivity index (χ1n) is 9.02. The van der Waals surface area contributed by atoms with Crippen molar-refractivity contribution in [1.29, 1.82) is 0 Å². The summed E-state index contributed by atoms with van der Waals surface area (Å²) in [6.07, 6.45) is 0. The van der Waals surface area contributed by atoms with E-state index in [0.29, 0.717) is 21.6 Å². The summed E-state index contributed by atoms with van der Waals surface area (Å²) in [5.74, 6) is 0.373. The van der Waals surface area contributed by atoms with Crippen LogP contribution in [0.25, 0.3) is 16.6 Å². The fourth-order valence-corrected chi connectivity index (χ4v) is 4.21. The molecule has 2 aromatic carbocycles. The van der Waals surface area contributed by atoms with Crippen LogP contribution < -0.4 is 10.1 Å². The lowest BCUT2D eigenvalue weighted by atomic mass is 10.1. The third kappa shape index (κ3) is 3.75. The first-order valence-corrected chi connectivity index (χ1v) is 10.3. The zero-order valence-corrected chi connectivity index (χ0v) is 17.7. The van der Waals surface area contributed by atoms with Crippen LogP contribution in [0.1, 0.15) is 12.5 Å². The molecule has 0 saturated heterocycles. The minimum Gasteiger partial charge on any atom is -0.495 e. The van der Waals surface area contributed by atoms with E-state index in [-0.39, 0.29) is 5.91 Å². The number of hydrogen-bond donors (Lipinski definition) is 1. The molecule has 0 aliphatic carbocycles. The monoisotopic (exact) mass is 426 g/mol. The first-order chi connectivity index (χ1) is 14.0. The van der Waals surface area contributed by atoms with Gasteiger partial charge in [0.05, 0.1) is 23.6 Å². The third-order valence-corrected chi connectivity index (χ3v) is 5.92. The van der Waals surface area contributed by atoms with Crippen molar-refractivity contribution in [2.45, 2.75) is 24.3 Å². The van der Waals surface area contributed by atoms with Gasteiger partial charge >= 0.3 is 0 Å². The van der Waals surface area contributed by atoms with Crippen molar-refractivity contribution in [3.05, 3.63) is 59.1 Å². The van der Waals surface area contributed by atoms with Gasteiger partial charge in [-0.05, 0) is 49.7 Å². The van der Waals surface area contributed by atoms with E-state index < -0.39 is 5.25 Å². The second kappa shape index (κ2) is 7.93. The molecule has 0 bridgehead atoms. The molecule has 0 radical (unpaired) electrons. The van der Waals surface area contributed by atoms with E-state index in [1.165, 1.54) is 11.8 Å². The smallest absolute Gasteiger partial charge is 0.237 e. The van der Waals surface area contributed by atoms with Gasteiger partial charge in [0.15, 0.2) is 10.8 Å². The summed E-state index contributed by atoms with van der Waals surface area (Å²) in [6.45, 7) is 3.88. The van der Waals surface area contributed by atoms with Crippen LogP contribution in [0.4, 0.5) is 5.69 Å². The Labute approximate surface area is 177 Å². The number of benzene rings is 2. The van der Waals surface area contributed by atoms with Crippen molar-refractivity contribution in [3.63, 3.8) is 0 Å². The van der Waals surface area contributed by atoms with Gasteiger partial charge in [-0.3, -0.25) is 9.20 Å². The normalized spacial score (nSPS) is 12.3. The molecule has 29 heavy (non-hydrogen) atoms. The second-order valence-electron chi connectivity index (χ2n) is 6.61. The Morgan fingerprint density at radius 1 is 1.21 bits per heavy atom. The number of aromatic nitrogens is 3. The number of aryl methyl sites for hydroxylation is 1. The van der Waals surface area contributed by atoms with Gasteiger partial charge in [0.1, 0.15) is 5.75 Å². The minimum atomic E-state index is -0.411. The molecular weight excluding hydrogens is 408 g/mol. The standard InChI is InChI=1S/C21H19ClN4O2S/c1-12-10-19-24-25-21(26(19)17-7-5-4-6-15(12)17)29-13(2)20(27)23-16-11-14(22)8-9-18(16)28-3/h4-11,13H,1-3H3,(H,23,27). The molecule has 0 aliphatic rings. The number of amides is 1. The molecule has 148 valence electrons. The van der Waals surface area contributed by atoms with Crippen LogP contribution in [0.5, 0.6) is 5.75 Å². The Kier molecular flexibility index (Phi) is 5.34. The molecule has 0 saturated carbocycles. The maximum absolute atomic E-state index is 12.8. The van der Waals surface area contributed by atoms with Gasteiger partial charge in [-0.15, -0.1) is 10.2 Å². The summed E-state index contributed by atoms with van der Waals surface area (Å²) in [5.41, 5.74) is 3.44. The molecule has 1 atom stereocenters. The van der Waals surface area contributed by atoms with E-state index in [1.54, 1.807) is 25.3 Å². The van der Waals surface area contributed by atoms with E-state index in [0.717, 1.165) is 22.1 Å². The number of para-hydroxylation sites is 1. The molecule has 4 rings (SSSR count). The van der Waals surface area contributed by atoms with Gasteiger partial charge in [0, 0.05) is 10.4 Å². The van der Waals surface area contributed by atoms with Gasteiger partial charge in [-0.1, -0.05) is 41.6 Å². The Hall–Kier alpha value is -2.77. The summed E-state index contributed by atoms with van der Waals surface area (Å²) < 4.78 is 7.28. The maximum Gasteiger partial charge on any atom is 0.237 e. The van der Waals surface area contributed by atoms with E-state index in [2.05, 4.69) is 28.5 Å². The number of carbonyl (C=O) groups excluding carboxylic acids is 1. The Bertz CT molecular complexity index is 1220. The van der Waals surface area contributed by atoms with E-state index in [4.69, 9.17) is 16.3 Å². The summed E-state index contributed by atoms with van der Waals surface area (Å²) in [6, 6.07) is 15.2. The Morgan fingerprint density at radius 2 is 2.00 bits per heavy atom. The summed E-state index contributed by atoms with van der Waals surface area (Å²) in [7, 11) is 1.55. The highest BCUT2D eigenvalue weighted by Gasteiger charge is 2.20. The van der Waals surface area contributed by atoms with Crippen molar-refractivity contribution >= 4 is 51.5 Å². The number of hydrogen-bond acceptors (Lipinski definition) is 5. The molecule has 1 amide bonds. The first kappa shape index (κ1) is 19.5. The number of rotatable bonds is 5. The molecule has 1 N–H and O–H groups in total. The van der Waals surface area contributed by atoms with E-state index in [1.807, 2.05) is 35.6 Å². The highest BCUT2D eigenvalue weighted by Crippen LogP contribution is 2.31. The number of thioether (sulfide) groups is 1. The lowest BCUT2D eigenvalue weighted by Gasteiger charge is -2.14. The number of pyridine rings is 1. The van der Waals surface area contributed by atoms with Crippen LogP contribution in [-0.2, 0) is 4.79 Å². The van der Waals surface area contributed by atoms with Gasteiger partial charge in [-0.2, -0.15) is 0 Å². The fraction of sp³-hybridized carbons (Fsp3) is 0.190. The Morgan fingerprint density at radius 3 is 2.79 bits per heavy atom. The predicted octanol–water partition coefficient (Wildman–Crippen LogP) is 4.97. The summed E-state index contributed by atoms with van der Waals surface area (Å²) in [4.78, 5) is 12.8. The fourth-order valence-electron chi connectivity index (χ4n) is 3.17. The Balaban J connectivity index is 1.63. The van der Waals surface area contributed by atoms with E-state index in [9.17, 15) is 4.79 Å². The molecule has 0 fully saturated rings. The number of methoxy groups -OCH3 is 1. The van der Waals surface area contributed by atoms with Gasteiger partial charge < -0.3 is 10.1 Å². The van der Waals surface area contributed by atoms with Gasteiger partial charge in [-0.25, -0.2) is 0 Å². The third-order valence-electron chi connectivity index (χ3n) is 4.64. The summed E-state index contributed by atoms with van der Waals surface area (Å²) >= 11 is 7.40. The zero-order chi connectivity index (χ0) is 20.5. The number of ether oxygens (including phenoxy) is 1. The van der Waals surface area contributed by atoms with Gasteiger partial charge in [0.25, 0.3) is 0 Å². The van der Waals surface area contributed by atoms with Crippen LogP contribution in [-0.4, -0.2) is 32.9 Å². The number of anilines is 1. The highest BCUT2D eigenvalue weighted by molar-refractivity contribution is 8.00. The highest BCUT2D eigenvalue weighted by atomic mass is 35.5. The zero-order valence-electron chi connectivity index (χ0n) is 16.1. The molecule has 0 aliphatic heterocycles. The summed E-state index contributed by atoms with van der Waals surface area (Å²) in [5, 5.41) is 13.4. The average Bonchev–Trinajstić information content (AvgIpc) is 3.11. The molecule has 1 unspecified atom stereocenters. The molecule has 2 heterocycles. The van der Waals surface area contributed by atoms with Crippen molar-refractivity contribution in [3.8, 4) is 5.75 Å². The van der Waals surface area contributed by atoms with Crippen molar-refractivity contribution in [2.75, 3.05) is 12.4 Å². The quantitative estimate of drug-likeness (QED) is 0.456. The molecule has 4 aromatic rings. The van der Waals surface area contributed by atoms with Crippen LogP contribution in [0.15, 0.2) is 53.7 Å². The molecule has 8 heteroatoms. The topological polar surface area (TPSA) is 68.5 Å². The van der Waals surface area contributed by atoms with Crippen LogP contribution >= 0.6 is 23.4 Å². The van der Waals surface area contributed by atoms with E-state index >= 15 is 0 Å². The molecule has 0 spiro atoms. The second-order valence-corrected chi connectivity index (χ2v) is 8.36. The number of carbonyl (C=O) groups is 1. The number of halogens is 1. The molecular formula is C21H19ClN4O2S. The maximum atomic E-state index is 12.8. The van der Waals surface area contributed by atoms with Gasteiger partial charge in [0.2, 0.25) is 5.91 Å². The molecule has 6 nitrogen and oxygen atoms in total. The van der Waals surface area contributed by atoms with Crippen LogP contribution in [0, 0.1) is 6.92 Å². The lowest BCUT2D eigenvalue weighted by Crippen LogP contribution is -2.23. The van der Waals surface area contributed by atoms with Crippen molar-refractivity contribution in [1.82, 2.24) is 14.6 Å². The van der Waals surface area contributed by atoms with Crippen LogP contribution in [0.3, 0.4) is 0 Å². The van der Waals surface area contributed by atoms with Crippen molar-refractivity contribution < 1.29 is 9.53 Å². The lowest BCUT2D eigenvalue weighted by molar-refractivity contribution is -0.115. The number of nitrogens with zero attached hydrogens (tertiary/aromatic N) is 3. The average molecular weight is 427 g/mol.